The van der Waals surface area contributed by atoms with E-state index in [1.54, 1.807) is 12.1 Å². The third kappa shape index (κ3) is 7.76. The van der Waals surface area contributed by atoms with E-state index in [0.29, 0.717) is 26.5 Å². The maximum atomic E-state index is 13.6. The van der Waals surface area contributed by atoms with Gasteiger partial charge in [-0.2, -0.15) is 0 Å². The fourth-order valence-corrected chi connectivity index (χ4v) is 6.19. The first-order chi connectivity index (χ1) is 15.2. The standard InChI is InChI=1S/C25H36Cl2N2O2S.ClH/c1-17(2)7-12-25(10-5-4-6-11-25)24(31)28-21-15-19(26)20(27)16-22(21)32-23(30)18-8-13-29(3)14-9-18;/h15-18H,4-14H2,1-3H3,(H,28,31);1H. The summed E-state index contributed by atoms with van der Waals surface area (Å²) in [5.74, 6) is 0.652. The molecule has 1 aliphatic carbocycles. The van der Waals surface area contributed by atoms with Crippen LogP contribution in [0.15, 0.2) is 17.0 Å². The SMILES string of the molecule is CC(C)CCC1(C(=O)Nc2cc(Cl)c(Cl)cc2SC(=O)C2CCN(C)CC2)CCCCC1.Cl. The van der Waals surface area contributed by atoms with Crippen molar-refractivity contribution in [1.29, 1.82) is 0 Å². The van der Waals surface area contributed by atoms with Crippen molar-refractivity contribution in [3.63, 3.8) is 0 Å². The molecule has 1 heterocycles. The summed E-state index contributed by atoms with van der Waals surface area (Å²) in [6, 6.07) is 3.42. The first-order valence-electron chi connectivity index (χ1n) is 11.9. The zero-order chi connectivity index (χ0) is 23.3. The van der Waals surface area contributed by atoms with Crippen LogP contribution in [0.2, 0.25) is 10.0 Å². The molecule has 1 aromatic carbocycles. The average molecular weight is 536 g/mol. The molecule has 2 aliphatic rings. The van der Waals surface area contributed by atoms with Gasteiger partial charge >= 0.3 is 0 Å². The number of likely N-dealkylation sites (tertiary alicyclic amines) is 1. The van der Waals surface area contributed by atoms with E-state index in [-0.39, 0.29) is 34.8 Å². The van der Waals surface area contributed by atoms with Crippen LogP contribution in [0.25, 0.3) is 0 Å². The molecule has 0 unspecified atom stereocenters. The van der Waals surface area contributed by atoms with Crippen molar-refractivity contribution >= 4 is 64.1 Å². The lowest BCUT2D eigenvalue weighted by atomic mass is 9.69. The summed E-state index contributed by atoms with van der Waals surface area (Å²) in [6.45, 7) is 6.27. The number of hydrogen-bond acceptors (Lipinski definition) is 4. The molecule has 4 nitrogen and oxygen atoms in total. The molecular weight excluding hydrogens is 499 g/mol. The van der Waals surface area contributed by atoms with E-state index in [4.69, 9.17) is 23.2 Å². The number of carbonyl (C=O) groups is 2. The minimum Gasteiger partial charge on any atom is -0.325 e. The molecule has 0 spiro atoms. The van der Waals surface area contributed by atoms with Crippen LogP contribution < -0.4 is 5.32 Å². The molecule has 0 aromatic heterocycles. The van der Waals surface area contributed by atoms with Crippen molar-refractivity contribution < 1.29 is 9.59 Å². The normalized spacial score (nSPS) is 19.2. The minimum atomic E-state index is -0.339. The Morgan fingerprint density at radius 2 is 1.73 bits per heavy atom. The third-order valence-corrected chi connectivity index (χ3v) is 8.84. The second-order valence-corrected chi connectivity index (χ2v) is 11.8. The molecule has 186 valence electrons. The largest absolute Gasteiger partial charge is 0.325 e. The molecule has 1 saturated carbocycles. The van der Waals surface area contributed by atoms with E-state index in [0.717, 1.165) is 64.5 Å². The minimum absolute atomic E-state index is 0. The van der Waals surface area contributed by atoms with Gasteiger partial charge in [0.05, 0.1) is 15.7 Å². The Balaban J connectivity index is 0.00000385. The molecular formula is C25H37Cl3N2O2S. The van der Waals surface area contributed by atoms with Crippen molar-refractivity contribution in [2.75, 3.05) is 25.5 Å². The molecule has 2 fully saturated rings. The van der Waals surface area contributed by atoms with Gasteiger partial charge in [-0.1, -0.05) is 56.3 Å². The van der Waals surface area contributed by atoms with Crippen LogP contribution in [0.4, 0.5) is 5.69 Å². The van der Waals surface area contributed by atoms with Gasteiger partial charge in [0.1, 0.15) is 0 Å². The van der Waals surface area contributed by atoms with Gasteiger partial charge < -0.3 is 10.2 Å². The van der Waals surface area contributed by atoms with E-state index in [1.165, 1.54) is 18.2 Å². The number of benzene rings is 1. The van der Waals surface area contributed by atoms with Gasteiger partial charge in [0.15, 0.2) is 5.12 Å². The van der Waals surface area contributed by atoms with Gasteiger partial charge in [0.25, 0.3) is 0 Å². The molecule has 3 rings (SSSR count). The molecule has 0 bridgehead atoms. The second kappa shape index (κ2) is 13.0. The fraction of sp³-hybridized carbons (Fsp3) is 0.680. The van der Waals surface area contributed by atoms with Crippen LogP contribution in [0.1, 0.15) is 71.6 Å². The summed E-state index contributed by atoms with van der Waals surface area (Å²) in [4.78, 5) is 29.5. The maximum absolute atomic E-state index is 13.6. The quantitative estimate of drug-likeness (QED) is 0.363. The molecule has 1 aromatic rings. The van der Waals surface area contributed by atoms with Crippen molar-refractivity contribution in [2.24, 2.45) is 17.3 Å². The third-order valence-electron chi connectivity index (χ3n) is 7.03. The van der Waals surface area contributed by atoms with Gasteiger partial charge in [0.2, 0.25) is 5.91 Å². The highest BCUT2D eigenvalue weighted by Crippen LogP contribution is 2.44. The number of halogens is 3. The van der Waals surface area contributed by atoms with Crippen LogP contribution in [0, 0.1) is 17.3 Å². The molecule has 8 heteroatoms. The number of piperidine rings is 1. The number of nitrogens with zero attached hydrogens (tertiary/aromatic N) is 1. The van der Waals surface area contributed by atoms with E-state index in [1.807, 2.05) is 0 Å². The Kier molecular flexibility index (Phi) is 11.3. The number of nitrogens with one attached hydrogen (secondary N) is 1. The summed E-state index contributed by atoms with van der Waals surface area (Å²) in [6.07, 6.45) is 8.86. The average Bonchev–Trinajstić information content (AvgIpc) is 2.76. The number of carbonyl (C=O) groups excluding carboxylic acids is 2. The summed E-state index contributed by atoms with van der Waals surface area (Å²) in [5, 5.41) is 4.09. The highest BCUT2D eigenvalue weighted by Gasteiger charge is 2.39. The first-order valence-corrected chi connectivity index (χ1v) is 13.5. The van der Waals surface area contributed by atoms with Gasteiger partial charge in [0, 0.05) is 16.2 Å². The molecule has 1 amide bonds. The summed E-state index contributed by atoms with van der Waals surface area (Å²) in [5.41, 5.74) is 0.263. The topological polar surface area (TPSA) is 49.4 Å². The monoisotopic (exact) mass is 534 g/mol. The van der Waals surface area contributed by atoms with Crippen LogP contribution in [-0.2, 0) is 9.59 Å². The van der Waals surface area contributed by atoms with Crippen molar-refractivity contribution in [3.8, 4) is 0 Å². The Morgan fingerprint density at radius 1 is 1.12 bits per heavy atom. The van der Waals surface area contributed by atoms with Gasteiger partial charge in [-0.25, -0.2) is 0 Å². The predicted molar refractivity (Wildman–Crippen MR) is 143 cm³/mol. The fourth-order valence-electron chi connectivity index (χ4n) is 4.79. The zero-order valence-corrected chi connectivity index (χ0v) is 23.1. The number of hydrogen-bond donors (Lipinski definition) is 1. The van der Waals surface area contributed by atoms with Gasteiger partial charge in [-0.15, -0.1) is 12.4 Å². The number of thioether (sulfide) groups is 1. The molecule has 1 N–H and O–H groups in total. The molecule has 33 heavy (non-hydrogen) atoms. The highest BCUT2D eigenvalue weighted by atomic mass is 35.5. The lowest BCUT2D eigenvalue weighted by Gasteiger charge is -2.36. The van der Waals surface area contributed by atoms with E-state index >= 15 is 0 Å². The maximum Gasteiger partial charge on any atom is 0.230 e. The number of amides is 1. The molecule has 0 radical (unpaired) electrons. The van der Waals surface area contributed by atoms with E-state index in [9.17, 15) is 9.59 Å². The Labute approximate surface area is 219 Å². The van der Waals surface area contributed by atoms with Crippen molar-refractivity contribution in [3.05, 3.63) is 22.2 Å². The van der Waals surface area contributed by atoms with Crippen LogP contribution in [0.3, 0.4) is 0 Å². The Morgan fingerprint density at radius 3 is 2.33 bits per heavy atom. The van der Waals surface area contributed by atoms with Gasteiger partial charge in [-0.3, -0.25) is 9.59 Å². The van der Waals surface area contributed by atoms with Gasteiger partial charge in [-0.05, 0) is 88.5 Å². The predicted octanol–water partition coefficient (Wildman–Crippen LogP) is 7.70. The highest BCUT2D eigenvalue weighted by molar-refractivity contribution is 8.13. The summed E-state index contributed by atoms with van der Waals surface area (Å²) >= 11 is 13.8. The first kappa shape index (κ1) is 28.8. The van der Waals surface area contributed by atoms with E-state index in [2.05, 4.69) is 31.1 Å². The molecule has 1 aliphatic heterocycles. The molecule has 0 atom stereocenters. The van der Waals surface area contributed by atoms with Crippen molar-refractivity contribution in [1.82, 2.24) is 4.90 Å². The van der Waals surface area contributed by atoms with Crippen LogP contribution in [-0.4, -0.2) is 36.1 Å². The Bertz CT molecular complexity index is 820. The lowest BCUT2D eigenvalue weighted by molar-refractivity contribution is -0.128. The van der Waals surface area contributed by atoms with Crippen LogP contribution >= 0.6 is 47.4 Å². The number of anilines is 1. The zero-order valence-electron chi connectivity index (χ0n) is 19.9. The second-order valence-electron chi connectivity index (χ2n) is 9.99. The van der Waals surface area contributed by atoms with Crippen molar-refractivity contribution in [2.45, 2.75) is 76.5 Å². The summed E-state index contributed by atoms with van der Waals surface area (Å²) in [7, 11) is 2.08. The lowest BCUT2D eigenvalue weighted by Crippen LogP contribution is -2.38. The van der Waals surface area contributed by atoms with Crippen LogP contribution in [0.5, 0.6) is 0 Å². The smallest absolute Gasteiger partial charge is 0.230 e. The Hall–Kier alpha value is -0.460. The van der Waals surface area contributed by atoms with E-state index < -0.39 is 0 Å². The molecule has 1 saturated heterocycles. The summed E-state index contributed by atoms with van der Waals surface area (Å²) < 4.78 is 0. The number of rotatable bonds is 7.